The summed E-state index contributed by atoms with van der Waals surface area (Å²) in [5.41, 5.74) is 9.80. The zero-order chi connectivity index (χ0) is 18.0. The average molecular weight is 353 g/mol. The van der Waals surface area contributed by atoms with Gasteiger partial charge in [0.1, 0.15) is 16.4 Å². The van der Waals surface area contributed by atoms with Crippen molar-refractivity contribution in [2.75, 3.05) is 18.2 Å². The second kappa shape index (κ2) is 6.94. The molecule has 2 aromatic carbocycles. The molecule has 25 heavy (non-hydrogen) atoms. The highest BCUT2D eigenvalue weighted by Gasteiger charge is 2.18. The number of aromatic nitrogens is 1. The first-order valence-electron chi connectivity index (χ1n) is 7.78. The minimum atomic E-state index is -0.147. The Morgan fingerprint density at radius 2 is 1.88 bits per heavy atom. The summed E-state index contributed by atoms with van der Waals surface area (Å²) in [5, 5.41) is 3.85. The van der Waals surface area contributed by atoms with Gasteiger partial charge in [-0.25, -0.2) is 4.98 Å². The number of carbonyl (C=O) groups excluding carboxylic acids is 1. The van der Waals surface area contributed by atoms with Crippen molar-refractivity contribution in [2.24, 2.45) is 0 Å². The SMILES string of the molecule is COc1ccc(C(=O)c2sc(Nc3cccc(C)c3C)nc2N)cc1. The smallest absolute Gasteiger partial charge is 0.206 e. The van der Waals surface area contributed by atoms with Crippen LogP contribution in [0, 0.1) is 13.8 Å². The molecule has 0 saturated carbocycles. The Hall–Kier alpha value is -2.86. The van der Waals surface area contributed by atoms with E-state index in [0.717, 1.165) is 11.3 Å². The van der Waals surface area contributed by atoms with Gasteiger partial charge in [-0.2, -0.15) is 0 Å². The van der Waals surface area contributed by atoms with E-state index in [1.807, 2.05) is 19.1 Å². The van der Waals surface area contributed by atoms with Gasteiger partial charge < -0.3 is 15.8 Å². The van der Waals surface area contributed by atoms with Crippen LogP contribution >= 0.6 is 11.3 Å². The molecule has 3 rings (SSSR count). The fourth-order valence-corrected chi connectivity index (χ4v) is 3.28. The van der Waals surface area contributed by atoms with Crippen LogP contribution in [0.1, 0.15) is 26.4 Å². The maximum Gasteiger partial charge on any atom is 0.206 e. The third-order valence-electron chi connectivity index (χ3n) is 4.06. The van der Waals surface area contributed by atoms with Gasteiger partial charge in [0.25, 0.3) is 0 Å². The molecule has 3 aromatic rings. The fourth-order valence-electron chi connectivity index (χ4n) is 2.42. The minimum Gasteiger partial charge on any atom is -0.497 e. The summed E-state index contributed by atoms with van der Waals surface area (Å²) >= 11 is 1.25. The average Bonchev–Trinajstić information content (AvgIpc) is 2.99. The van der Waals surface area contributed by atoms with E-state index in [1.54, 1.807) is 31.4 Å². The van der Waals surface area contributed by atoms with Crippen molar-refractivity contribution in [3.63, 3.8) is 0 Å². The van der Waals surface area contributed by atoms with E-state index in [0.29, 0.717) is 21.3 Å². The lowest BCUT2D eigenvalue weighted by Crippen LogP contribution is -2.02. The molecule has 0 saturated heterocycles. The Morgan fingerprint density at radius 1 is 1.16 bits per heavy atom. The number of aryl methyl sites for hydroxylation is 1. The van der Waals surface area contributed by atoms with Crippen LogP contribution in [-0.2, 0) is 0 Å². The second-order valence-electron chi connectivity index (χ2n) is 5.66. The summed E-state index contributed by atoms with van der Waals surface area (Å²) in [6.07, 6.45) is 0. The fraction of sp³-hybridized carbons (Fsp3) is 0.158. The van der Waals surface area contributed by atoms with Gasteiger partial charge in [0.2, 0.25) is 5.78 Å². The molecule has 1 heterocycles. The first kappa shape index (κ1) is 17.0. The minimum absolute atomic E-state index is 0.147. The summed E-state index contributed by atoms with van der Waals surface area (Å²) in [6.45, 7) is 4.09. The first-order valence-corrected chi connectivity index (χ1v) is 8.59. The van der Waals surface area contributed by atoms with Crippen molar-refractivity contribution in [3.8, 4) is 5.75 Å². The molecule has 0 aliphatic carbocycles. The maximum absolute atomic E-state index is 12.7. The number of thiazole rings is 1. The van der Waals surface area contributed by atoms with E-state index < -0.39 is 0 Å². The van der Waals surface area contributed by atoms with Gasteiger partial charge in [0.05, 0.1) is 7.11 Å². The number of ketones is 1. The monoisotopic (exact) mass is 353 g/mol. The number of methoxy groups -OCH3 is 1. The van der Waals surface area contributed by atoms with E-state index in [4.69, 9.17) is 10.5 Å². The Kier molecular flexibility index (Phi) is 4.72. The van der Waals surface area contributed by atoms with E-state index in [2.05, 4.69) is 23.3 Å². The van der Waals surface area contributed by atoms with Crippen LogP contribution in [0.25, 0.3) is 0 Å². The van der Waals surface area contributed by atoms with Gasteiger partial charge in [0.15, 0.2) is 5.13 Å². The largest absolute Gasteiger partial charge is 0.497 e. The molecule has 0 unspecified atom stereocenters. The van der Waals surface area contributed by atoms with E-state index >= 15 is 0 Å². The molecule has 0 radical (unpaired) electrons. The number of hydrogen-bond donors (Lipinski definition) is 2. The molecule has 0 aliphatic heterocycles. The Morgan fingerprint density at radius 3 is 2.56 bits per heavy atom. The number of nitrogens with one attached hydrogen (secondary N) is 1. The van der Waals surface area contributed by atoms with Crippen molar-refractivity contribution in [2.45, 2.75) is 13.8 Å². The Bertz CT molecular complexity index is 917. The number of rotatable bonds is 5. The summed E-state index contributed by atoms with van der Waals surface area (Å²) in [5.74, 6) is 0.788. The molecule has 6 heteroatoms. The normalized spacial score (nSPS) is 10.5. The van der Waals surface area contributed by atoms with Gasteiger partial charge in [-0.1, -0.05) is 23.5 Å². The van der Waals surface area contributed by atoms with Crippen LogP contribution in [0.2, 0.25) is 0 Å². The zero-order valence-corrected chi connectivity index (χ0v) is 15.1. The lowest BCUT2D eigenvalue weighted by atomic mass is 10.1. The van der Waals surface area contributed by atoms with Crippen LogP contribution in [0.4, 0.5) is 16.6 Å². The van der Waals surface area contributed by atoms with E-state index in [1.165, 1.54) is 16.9 Å². The number of benzene rings is 2. The lowest BCUT2D eigenvalue weighted by Gasteiger charge is -2.08. The van der Waals surface area contributed by atoms with Crippen molar-refractivity contribution in [1.82, 2.24) is 4.98 Å². The van der Waals surface area contributed by atoms with Gasteiger partial charge >= 0.3 is 0 Å². The molecule has 0 atom stereocenters. The van der Waals surface area contributed by atoms with Crippen LogP contribution in [0.5, 0.6) is 5.75 Å². The van der Waals surface area contributed by atoms with E-state index in [9.17, 15) is 4.79 Å². The molecule has 1 aromatic heterocycles. The molecule has 5 nitrogen and oxygen atoms in total. The summed E-state index contributed by atoms with van der Waals surface area (Å²) in [7, 11) is 1.59. The lowest BCUT2D eigenvalue weighted by molar-refractivity contribution is 0.104. The van der Waals surface area contributed by atoms with Crippen molar-refractivity contribution in [1.29, 1.82) is 0 Å². The standard InChI is InChI=1S/C19H19N3O2S/c1-11-5-4-6-15(12(11)2)21-19-22-18(20)17(25-19)16(23)13-7-9-14(24-3)10-8-13/h4-10H,20H2,1-3H3,(H,21,22). The molecule has 0 bridgehead atoms. The predicted molar refractivity (Wildman–Crippen MR) is 102 cm³/mol. The van der Waals surface area contributed by atoms with Crippen molar-refractivity contribution >= 4 is 33.8 Å². The summed E-state index contributed by atoms with van der Waals surface area (Å²) in [6, 6.07) is 12.9. The van der Waals surface area contributed by atoms with Crippen LogP contribution in [-0.4, -0.2) is 17.9 Å². The first-order chi connectivity index (χ1) is 12.0. The zero-order valence-electron chi connectivity index (χ0n) is 14.3. The molecule has 128 valence electrons. The highest BCUT2D eigenvalue weighted by atomic mass is 32.1. The van der Waals surface area contributed by atoms with Gasteiger partial charge in [-0.15, -0.1) is 0 Å². The molecule has 3 N–H and O–H groups in total. The molecular formula is C19H19N3O2S. The third kappa shape index (κ3) is 3.49. The topological polar surface area (TPSA) is 77.2 Å². The number of nitrogen functional groups attached to an aromatic ring is 1. The summed E-state index contributed by atoms with van der Waals surface area (Å²) < 4.78 is 5.11. The van der Waals surface area contributed by atoms with Gasteiger partial charge in [0, 0.05) is 11.3 Å². The number of nitrogens with two attached hydrogens (primary N) is 1. The molecule has 0 aliphatic rings. The van der Waals surface area contributed by atoms with Crippen LogP contribution in [0.15, 0.2) is 42.5 Å². The molecule has 0 fully saturated rings. The maximum atomic E-state index is 12.7. The predicted octanol–water partition coefficient (Wildman–Crippen LogP) is 4.33. The molecule has 0 spiro atoms. The number of nitrogens with zero attached hydrogens (tertiary/aromatic N) is 1. The third-order valence-corrected chi connectivity index (χ3v) is 5.04. The number of ether oxygens (including phenoxy) is 1. The Balaban J connectivity index is 1.86. The molecule has 0 amide bonds. The number of hydrogen-bond acceptors (Lipinski definition) is 6. The van der Waals surface area contributed by atoms with Crippen molar-refractivity contribution < 1.29 is 9.53 Å². The van der Waals surface area contributed by atoms with Crippen LogP contribution < -0.4 is 15.8 Å². The Labute approximate surface area is 150 Å². The molecular weight excluding hydrogens is 334 g/mol. The quantitative estimate of drug-likeness (QED) is 0.668. The van der Waals surface area contributed by atoms with Crippen LogP contribution in [0.3, 0.4) is 0 Å². The highest BCUT2D eigenvalue weighted by Crippen LogP contribution is 2.31. The number of carbonyl (C=O) groups is 1. The van der Waals surface area contributed by atoms with Gasteiger partial charge in [-0.05, 0) is 55.3 Å². The number of anilines is 3. The van der Waals surface area contributed by atoms with Crippen molar-refractivity contribution in [3.05, 3.63) is 64.0 Å². The summed E-state index contributed by atoms with van der Waals surface area (Å²) in [4.78, 5) is 17.4. The van der Waals surface area contributed by atoms with E-state index in [-0.39, 0.29) is 11.6 Å². The van der Waals surface area contributed by atoms with Gasteiger partial charge in [-0.3, -0.25) is 4.79 Å². The second-order valence-corrected chi connectivity index (χ2v) is 6.66. The highest BCUT2D eigenvalue weighted by molar-refractivity contribution is 7.18.